The lowest BCUT2D eigenvalue weighted by atomic mass is 10.1. The molecule has 1 N–H and O–H groups in total. The number of ether oxygens (including phenoxy) is 1. The Morgan fingerprint density at radius 1 is 1.28 bits per heavy atom. The van der Waals surface area contributed by atoms with Gasteiger partial charge in [-0.1, -0.05) is 23.2 Å². The summed E-state index contributed by atoms with van der Waals surface area (Å²) in [7, 11) is 3.37. The van der Waals surface area contributed by atoms with Gasteiger partial charge in [0.15, 0.2) is 12.4 Å². The Balaban J connectivity index is 1.99. The Bertz CT molecular complexity index is 777. The summed E-state index contributed by atoms with van der Waals surface area (Å²) in [6, 6.07) is 8.86. The first-order valence-electron chi connectivity index (χ1n) is 7.41. The van der Waals surface area contributed by atoms with Crippen molar-refractivity contribution in [1.82, 2.24) is 9.88 Å². The number of anilines is 1. The number of benzene rings is 1. The molecule has 0 saturated carbocycles. The lowest BCUT2D eigenvalue weighted by Crippen LogP contribution is -2.27. The topological polar surface area (TPSA) is 66.8 Å². The van der Waals surface area contributed by atoms with Crippen LogP contribution >= 0.6 is 23.2 Å². The second-order valence-electron chi connectivity index (χ2n) is 5.39. The molecule has 0 unspecified atom stereocenters. The van der Waals surface area contributed by atoms with Crippen LogP contribution in [0.5, 0.6) is 5.75 Å². The SMILES string of the molecule is C/C(=N/Nc1ncc(Cl)cc1Cl)c1ccc(OCC(=O)N(C)C)cc1. The molecular formula is C17H18Cl2N4O2. The highest BCUT2D eigenvalue weighted by atomic mass is 35.5. The molecule has 0 bridgehead atoms. The average molecular weight is 381 g/mol. The van der Waals surface area contributed by atoms with Crippen LogP contribution in [0.2, 0.25) is 10.0 Å². The fraction of sp³-hybridized carbons (Fsp3) is 0.235. The Hall–Kier alpha value is -2.31. The lowest BCUT2D eigenvalue weighted by Gasteiger charge is -2.11. The number of hydrazone groups is 1. The summed E-state index contributed by atoms with van der Waals surface area (Å²) in [6.45, 7) is 1.85. The molecule has 132 valence electrons. The van der Waals surface area contributed by atoms with Crippen molar-refractivity contribution in [1.29, 1.82) is 0 Å². The van der Waals surface area contributed by atoms with Gasteiger partial charge in [0, 0.05) is 20.3 Å². The van der Waals surface area contributed by atoms with E-state index in [-0.39, 0.29) is 12.5 Å². The van der Waals surface area contributed by atoms with E-state index in [0.717, 1.165) is 11.3 Å². The minimum absolute atomic E-state index is 0.00170. The molecule has 0 radical (unpaired) electrons. The standard InChI is InChI=1S/C17H18Cl2N4O2/c1-11(21-22-17-15(19)8-13(18)9-20-17)12-4-6-14(7-5-12)25-10-16(24)23(2)3/h4-9H,10H2,1-3H3,(H,20,22)/b21-11-. The van der Waals surface area contributed by atoms with Crippen molar-refractivity contribution in [2.75, 3.05) is 26.1 Å². The van der Waals surface area contributed by atoms with Crippen molar-refractivity contribution in [3.8, 4) is 5.75 Å². The molecule has 8 heteroatoms. The number of nitrogens with zero attached hydrogens (tertiary/aromatic N) is 3. The van der Waals surface area contributed by atoms with Crippen LogP contribution in [0.15, 0.2) is 41.6 Å². The largest absolute Gasteiger partial charge is 0.484 e. The number of carbonyl (C=O) groups excluding carboxylic acids is 1. The highest BCUT2D eigenvalue weighted by Crippen LogP contribution is 2.22. The number of nitrogens with one attached hydrogen (secondary N) is 1. The maximum absolute atomic E-state index is 11.5. The van der Waals surface area contributed by atoms with E-state index in [0.29, 0.717) is 21.6 Å². The molecule has 0 spiro atoms. The molecule has 1 heterocycles. The summed E-state index contributed by atoms with van der Waals surface area (Å²) in [5.41, 5.74) is 4.44. The molecule has 0 fully saturated rings. The highest BCUT2D eigenvalue weighted by Gasteiger charge is 2.06. The van der Waals surface area contributed by atoms with Crippen molar-refractivity contribution in [2.24, 2.45) is 5.10 Å². The molecule has 1 aromatic heterocycles. The van der Waals surface area contributed by atoms with Crippen LogP contribution in [0.3, 0.4) is 0 Å². The Morgan fingerprint density at radius 3 is 2.56 bits per heavy atom. The fourth-order valence-corrected chi connectivity index (χ4v) is 2.19. The predicted molar refractivity (Wildman–Crippen MR) is 101 cm³/mol. The smallest absolute Gasteiger partial charge is 0.259 e. The van der Waals surface area contributed by atoms with E-state index < -0.39 is 0 Å². The number of likely N-dealkylation sites (N-methyl/N-ethyl adjacent to an activating group) is 1. The van der Waals surface area contributed by atoms with Crippen LogP contribution in [0.1, 0.15) is 12.5 Å². The van der Waals surface area contributed by atoms with Crippen molar-refractivity contribution >= 4 is 40.6 Å². The van der Waals surface area contributed by atoms with Crippen molar-refractivity contribution in [3.05, 3.63) is 52.1 Å². The second-order valence-corrected chi connectivity index (χ2v) is 6.24. The van der Waals surface area contributed by atoms with E-state index in [4.69, 9.17) is 27.9 Å². The van der Waals surface area contributed by atoms with Gasteiger partial charge < -0.3 is 9.64 Å². The maximum Gasteiger partial charge on any atom is 0.259 e. The minimum atomic E-state index is -0.0987. The van der Waals surface area contributed by atoms with E-state index >= 15 is 0 Å². The van der Waals surface area contributed by atoms with Gasteiger partial charge >= 0.3 is 0 Å². The second kappa shape index (κ2) is 8.69. The first kappa shape index (κ1) is 19.0. The summed E-state index contributed by atoms with van der Waals surface area (Å²) < 4.78 is 5.43. The quantitative estimate of drug-likeness (QED) is 0.612. The van der Waals surface area contributed by atoms with Crippen LogP contribution in [0.4, 0.5) is 5.82 Å². The summed E-state index contributed by atoms with van der Waals surface area (Å²) >= 11 is 11.8. The molecule has 1 aromatic carbocycles. The Kier molecular flexibility index (Phi) is 6.61. The van der Waals surface area contributed by atoms with Gasteiger partial charge in [-0.05, 0) is 42.8 Å². The molecule has 25 heavy (non-hydrogen) atoms. The monoisotopic (exact) mass is 380 g/mol. The van der Waals surface area contributed by atoms with Gasteiger partial charge in [0.2, 0.25) is 0 Å². The number of aromatic nitrogens is 1. The first-order valence-corrected chi connectivity index (χ1v) is 8.17. The summed E-state index contributed by atoms with van der Waals surface area (Å²) in [6.07, 6.45) is 1.49. The van der Waals surface area contributed by atoms with Gasteiger partial charge in [-0.25, -0.2) is 4.98 Å². The zero-order chi connectivity index (χ0) is 18.4. The molecule has 2 rings (SSSR count). The third-order valence-electron chi connectivity index (χ3n) is 3.27. The number of hydrogen-bond donors (Lipinski definition) is 1. The van der Waals surface area contributed by atoms with E-state index in [1.54, 1.807) is 32.3 Å². The van der Waals surface area contributed by atoms with Gasteiger partial charge in [0.1, 0.15) is 5.75 Å². The summed E-state index contributed by atoms with van der Waals surface area (Å²) in [4.78, 5) is 17.1. The zero-order valence-corrected chi connectivity index (χ0v) is 15.6. The third-order valence-corrected chi connectivity index (χ3v) is 3.77. The number of rotatable bonds is 6. The molecule has 1 amide bonds. The molecule has 0 aliphatic carbocycles. The summed E-state index contributed by atoms with van der Waals surface area (Å²) in [5, 5.41) is 5.10. The van der Waals surface area contributed by atoms with Crippen LogP contribution in [-0.4, -0.2) is 42.2 Å². The zero-order valence-electron chi connectivity index (χ0n) is 14.1. The average Bonchev–Trinajstić information content (AvgIpc) is 2.59. The van der Waals surface area contributed by atoms with Crippen LogP contribution < -0.4 is 10.2 Å². The number of hydrogen-bond acceptors (Lipinski definition) is 5. The molecule has 0 aliphatic rings. The number of pyridine rings is 1. The van der Waals surface area contributed by atoms with E-state index in [1.165, 1.54) is 11.1 Å². The van der Waals surface area contributed by atoms with E-state index in [9.17, 15) is 4.79 Å². The van der Waals surface area contributed by atoms with Gasteiger partial charge in [0.25, 0.3) is 5.91 Å². The Morgan fingerprint density at radius 2 is 1.96 bits per heavy atom. The van der Waals surface area contributed by atoms with Gasteiger partial charge in [-0.15, -0.1) is 0 Å². The highest BCUT2D eigenvalue weighted by molar-refractivity contribution is 6.35. The van der Waals surface area contributed by atoms with Crippen LogP contribution in [-0.2, 0) is 4.79 Å². The van der Waals surface area contributed by atoms with E-state index in [2.05, 4.69) is 15.5 Å². The molecule has 6 nitrogen and oxygen atoms in total. The normalized spacial score (nSPS) is 11.2. The first-order chi connectivity index (χ1) is 11.9. The third kappa shape index (κ3) is 5.62. The number of halogens is 2. The van der Waals surface area contributed by atoms with Crippen molar-refractivity contribution < 1.29 is 9.53 Å². The fourth-order valence-electron chi connectivity index (χ4n) is 1.76. The Labute approximate surface area is 156 Å². The molecule has 0 atom stereocenters. The maximum atomic E-state index is 11.5. The molecule has 2 aromatic rings. The summed E-state index contributed by atoms with van der Waals surface area (Å²) in [5.74, 6) is 0.938. The molecule has 0 saturated heterocycles. The van der Waals surface area contributed by atoms with Gasteiger partial charge in [-0.2, -0.15) is 5.10 Å². The number of carbonyl (C=O) groups is 1. The van der Waals surface area contributed by atoms with Gasteiger partial charge in [0.05, 0.1) is 15.8 Å². The van der Waals surface area contributed by atoms with Crippen LogP contribution in [0, 0.1) is 0 Å². The number of amides is 1. The lowest BCUT2D eigenvalue weighted by molar-refractivity contribution is -0.130. The minimum Gasteiger partial charge on any atom is -0.484 e. The van der Waals surface area contributed by atoms with Crippen LogP contribution in [0.25, 0.3) is 0 Å². The van der Waals surface area contributed by atoms with Crippen molar-refractivity contribution in [3.63, 3.8) is 0 Å². The van der Waals surface area contributed by atoms with E-state index in [1.807, 2.05) is 19.1 Å². The molecular weight excluding hydrogens is 363 g/mol. The van der Waals surface area contributed by atoms with Crippen molar-refractivity contribution in [2.45, 2.75) is 6.92 Å². The van der Waals surface area contributed by atoms with Gasteiger partial charge in [-0.3, -0.25) is 10.2 Å². The molecule has 0 aliphatic heterocycles. The predicted octanol–water partition coefficient (Wildman–Crippen LogP) is 3.69.